The van der Waals surface area contributed by atoms with Crippen LogP contribution in [0.4, 0.5) is 11.4 Å². The van der Waals surface area contributed by atoms with Crippen molar-refractivity contribution in [2.75, 3.05) is 30.5 Å². The molecule has 0 saturated carbocycles. The Labute approximate surface area is 172 Å². The molecule has 0 unspecified atom stereocenters. The molecular formula is C22H20N2O6. The van der Waals surface area contributed by atoms with Gasteiger partial charge in [0, 0.05) is 23.7 Å². The number of anilines is 2. The number of benzene rings is 2. The van der Waals surface area contributed by atoms with Gasteiger partial charge in [0.1, 0.15) is 30.6 Å². The summed E-state index contributed by atoms with van der Waals surface area (Å²) in [5.41, 5.74) is 1.37. The Bertz CT molecular complexity index is 1120. The Morgan fingerprint density at radius 1 is 0.933 bits per heavy atom. The molecule has 30 heavy (non-hydrogen) atoms. The van der Waals surface area contributed by atoms with Crippen LogP contribution in [0.5, 0.6) is 11.5 Å². The van der Waals surface area contributed by atoms with Gasteiger partial charge < -0.3 is 29.3 Å². The second-order valence-electron chi connectivity index (χ2n) is 7.11. The van der Waals surface area contributed by atoms with Crippen LogP contribution in [0.1, 0.15) is 23.4 Å². The van der Waals surface area contributed by atoms with Gasteiger partial charge in [-0.25, -0.2) is 0 Å². The van der Waals surface area contributed by atoms with Gasteiger partial charge in [-0.15, -0.1) is 0 Å². The fourth-order valence-electron chi connectivity index (χ4n) is 3.63. The number of para-hydroxylation sites is 1. The maximum atomic E-state index is 13.0. The highest BCUT2D eigenvalue weighted by molar-refractivity contribution is 6.15. The van der Waals surface area contributed by atoms with Crippen LogP contribution in [0.3, 0.4) is 0 Å². The molecule has 1 atom stereocenters. The first-order chi connectivity index (χ1) is 14.7. The van der Waals surface area contributed by atoms with Gasteiger partial charge >= 0.3 is 0 Å². The lowest BCUT2D eigenvalue weighted by molar-refractivity contribution is -0.124. The van der Waals surface area contributed by atoms with Gasteiger partial charge in [0.05, 0.1) is 0 Å². The highest BCUT2D eigenvalue weighted by Gasteiger charge is 2.28. The SMILES string of the molecule is O=C(Nc1ccc2c(c1)OCCO2)c1oc2ccccc2c1NC(=O)[C@H]1CCCO1. The van der Waals surface area contributed by atoms with Gasteiger partial charge in [-0.2, -0.15) is 0 Å². The smallest absolute Gasteiger partial charge is 0.293 e. The van der Waals surface area contributed by atoms with Crippen LogP contribution in [-0.4, -0.2) is 37.7 Å². The third-order valence-electron chi connectivity index (χ3n) is 5.07. The Morgan fingerprint density at radius 2 is 1.77 bits per heavy atom. The van der Waals surface area contributed by atoms with Crippen molar-refractivity contribution in [1.29, 1.82) is 0 Å². The van der Waals surface area contributed by atoms with E-state index in [1.807, 2.05) is 6.07 Å². The molecule has 2 amide bonds. The van der Waals surface area contributed by atoms with E-state index in [1.54, 1.807) is 36.4 Å². The van der Waals surface area contributed by atoms with E-state index in [9.17, 15) is 9.59 Å². The highest BCUT2D eigenvalue weighted by atomic mass is 16.6. The molecule has 154 valence electrons. The van der Waals surface area contributed by atoms with E-state index in [0.29, 0.717) is 60.1 Å². The molecule has 2 aliphatic heterocycles. The summed E-state index contributed by atoms with van der Waals surface area (Å²) in [7, 11) is 0. The van der Waals surface area contributed by atoms with Crippen molar-refractivity contribution in [3.63, 3.8) is 0 Å². The summed E-state index contributed by atoms with van der Waals surface area (Å²) in [5.74, 6) is 0.457. The second-order valence-corrected chi connectivity index (χ2v) is 7.11. The second kappa shape index (κ2) is 7.72. The Balaban J connectivity index is 1.44. The summed E-state index contributed by atoms with van der Waals surface area (Å²) >= 11 is 0. The first kappa shape index (κ1) is 18.5. The molecule has 1 fully saturated rings. The molecule has 0 bridgehead atoms. The first-order valence-electron chi connectivity index (χ1n) is 9.84. The highest BCUT2D eigenvalue weighted by Crippen LogP contribution is 2.35. The topological polar surface area (TPSA) is 99.0 Å². The van der Waals surface area contributed by atoms with E-state index < -0.39 is 12.0 Å². The molecule has 2 aliphatic rings. The van der Waals surface area contributed by atoms with Crippen molar-refractivity contribution >= 4 is 34.2 Å². The molecule has 5 rings (SSSR count). The number of carbonyl (C=O) groups is 2. The van der Waals surface area contributed by atoms with Crippen LogP contribution in [-0.2, 0) is 9.53 Å². The van der Waals surface area contributed by atoms with E-state index >= 15 is 0 Å². The van der Waals surface area contributed by atoms with E-state index in [0.717, 1.165) is 6.42 Å². The summed E-state index contributed by atoms with van der Waals surface area (Å²) in [6, 6.07) is 12.3. The minimum absolute atomic E-state index is 0.0254. The number of nitrogens with one attached hydrogen (secondary N) is 2. The quantitative estimate of drug-likeness (QED) is 0.685. The number of amides is 2. The van der Waals surface area contributed by atoms with Gasteiger partial charge in [-0.1, -0.05) is 12.1 Å². The number of carbonyl (C=O) groups excluding carboxylic acids is 2. The maximum absolute atomic E-state index is 13.0. The number of hydrogen-bond acceptors (Lipinski definition) is 6. The molecule has 1 saturated heterocycles. The van der Waals surface area contributed by atoms with Gasteiger partial charge in [0.25, 0.3) is 11.8 Å². The van der Waals surface area contributed by atoms with E-state index in [4.69, 9.17) is 18.6 Å². The molecular weight excluding hydrogens is 388 g/mol. The minimum Gasteiger partial charge on any atom is -0.486 e. The average Bonchev–Trinajstić information content (AvgIpc) is 3.42. The summed E-state index contributed by atoms with van der Waals surface area (Å²) in [4.78, 5) is 25.6. The predicted octanol–water partition coefficient (Wildman–Crippen LogP) is 3.57. The monoisotopic (exact) mass is 408 g/mol. The first-order valence-corrected chi connectivity index (χ1v) is 9.84. The third-order valence-corrected chi connectivity index (χ3v) is 5.07. The molecule has 0 radical (unpaired) electrons. The van der Waals surface area contributed by atoms with Crippen LogP contribution in [0, 0.1) is 0 Å². The zero-order valence-electron chi connectivity index (χ0n) is 16.1. The number of ether oxygens (including phenoxy) is 3. The van der Waals surface area contributed by atoms with Crippen molar-refractivity contribution in [2.45, 2.75) is 18.9 Å². The standard InChI is InChI=1S/C22H20N2O6/c25-21(17-6-3-9-27-17)24-19-14-4-1-2-5-15(14)30-20(19)22(26)23-13-7-8-16-18(12-13)29-11-10-28-16/h1-2,4-5,7-8,12,17H,3,6,9-11H2,(H,23,26)(H,24,25)/t17-/m1/s1. The van der Waals surface area contributed by atoms with Crippen molar-refractivity contribution in [3.8, 4) is 11.5 Å². The van der Waals surface area contributed by atoms with Crippen LogP contribution in [0.15, 0.2) is 46.9 Å². The molecule has 3 aromatic rings. The van der Waals surface area contributed by atoms with Crippen LogP contribution in [0.25, 0.3) is 11.0 Å². The van der Waals surface area contributed by atoms with Crippen LogP contribution in [0.2, 0.25) is 0 Å². The summed E-state index contributed by atoms with van der Waals surface area (Å²) in [6.45, 7) is 1.50. The zero-order chi connectivity index (χ0) is 20.5. The summed E-state index contributed by atoms with van der Waals surface area (Å²) in [6.07, 6.45) is 0.967. The van der Waals surface area contributed by atoms with Gasteiger partial charge in [-0.05, 0) is 37.1 Å². The molecule has 8 heteroatoms. The van der Waals surface area contributed by atoms with Gasteiger partial charge in [0.15, 0.2) is 11.5 Å². The van der Waals surface area contributed by atoms with Crippen LogP contribution < -0.4 is 20.1 Å². The maximum Gasteiger partial charge on any atom is 0.293 e. The predicted molar refractivity (Wildman–Crippen MR) is 109 cm³/mol. The molecule has 2 N–H and O–H groups in total. The summed E-state index contributed by atoms with van der Waals surface area (Å²) in [5, 5.41) is 6.28. The molecule has 0 spiro atoms. The number of rotatable bonds is 4. The normalized spacial score (nSPS) is 17.7. The van der Waals surface area contributed by atoms with Gasteiger partial charge in [-0.3, -0.25) is 9.59 Å². The zero-order valence-corrected chi connectivity index (χ0v) is 16.1. The molecule has 1 aromatic heterocycles. The van der Waals surface area contributed by atoms with Crippen molar-refractivity contribution in [3.05, 3.63) is 48.2 Å². The van der Waals surface area contributed by atoms with Gasteiger partial charge in [0.2, 0.25) is 5.76 Å². The van der Waals surface area contributed by atoms with E-state index in [-0.39, 0.29) is 11.7 Å². The lowest BCUT2D eigenvalue weighted by Gasteiger charge is -2.19. The molecule has 2 aromatic carbocycles. The molecule has 8 nitrogen and oxygen atoms in total. The Hall–Kier alpha value is -3.52. The largest absolute Gasteiger partial charge is 0.486 e. The van der Waals surface area contributed by atoms with Crippen molar-refractivity contribution in [1.82, 2.24) is 0 Å². The lowest BCUT2D eigenvalue weighted by Crippen LogP contribution is -2.27. The third kappa shape index (κ3) is 3.46. The average molecular weight is 408 g/mol. The van der Waals surface area contributed by atoms with Crippen molar-refractivity contribution < 1.29 is 28.2 Å². The Kier molecular flexibility index (Phi) is 4.76. The van der Waals surface area contributed by atoms with Crippen LogP contribution >= 0.6 is 0 Å². The fourth-order valence-corrected chi connectivity index (χ4v) is 3.63. The Morgan fingerprint density at radius 3 is 2.60 bits per heavy atom. The number of fused-ring (bicyclic) bond motifs is 2. The molecule has 3 heterocycles. The lowest BCUT2D eigenvalue weighted by atomic mass is 10.2. The minimum atomic E-state index is -0.521. The summed E-state index contributed by atoms with van der Waals surface area (Å²) < 4.78 is 22.3. The number of furan rings is 1. The van der Waals surface area contributed by atoms with E-state index in [1.165, 1.54) is 0 Å². The number of hydrogen-bond donors (Lipinski definition) is 2. The molecule has 0 aliphatic carbocycles. The fraction of sp³-hybridized carbons (Fsp3) is 0.273. The van der Waals surface area contributed by atoms with Crippen molar-refractivity contribution in [2.24, 2.45) is 0 Å². The van der Waals surface area contributed by atoms with E-state index in [2.05, 4.69) is 10.6 Å².